The first-order valence-corrected chi connectivity index (χ1v) is 13.9. The van der Waals surface area contributed by atoms with Crippen molar-refractivity contribution in [2.75, 3.05) is 0 Å². The largest absolute Gasteiger partial charge is 0.393 e. The molecule has 0 heterocycles. The molecular formula is C30H50O. The Labute approximate surface area is 192 Å². The van der Waals surface area contributed by atoms with Crippen molar-refractivity contribution in [2.45, 2.75) is 118 Å². The number of hydrogen-bond donors (Lipinski definition) is 1. The molecule has 1 nitrogen and oxygen atoms in total. The first kappa shape index (κ1) is 22.5. The van der Waals surface area contributed by atoms with Gasteiger partial charge in [0.05, 0.1) is 6.10 Å². The van der Waals surface area contributed by atoms with E-state index in [1.807, 2.05) is 0 Å². The maximum atomic E-state index is 10.6. The van der Waals surface area contributed by atoms with Crippen LogP contribution in [0.5, 0.6) is 0 Å². The number of allylic oxidation sites excluding steroid dienone is 1. The molecule has 0 aromatic carbocycles. The van der Waals surface area contributed by atoms with Gasteiger partial charge in [0, 0.05) is 0 Å². The molecule has 0 aliphatic heterocycles. The van der Waals surface area contributed by atoms with Gasteiger partial charge in [0.2, 0.25) is 0 Å². The van der Waals surface area contributed by atoms with Gasteiger partial charge in [0.15, 0.2) is 0 Å². The van der Waals surface area contributed by atoms with Gasteiger partial charge in [-0.25, -0.2) is 0 Å². The number of aliphatic hydroxyl groups excluding tert-OH is 1. The van der Waals surface area contributed by atoms with E-state index in [-0.39, 0.29) is 6.10 Å². The van der Waals surface area contributed by atoms with E-state index in [1.165, 1.54) is 64.2 Å². The van der Waals surface area contributed by atoms with Crippen molar-refractivity contribution in [1.29, 1.82) is 0 Å². The van der Waals surface area contributed by atoms with Gasteiger partial charge in [-0.3, -0.25) is 0 Å². The molecule has 0 aromatic rings. The maximum Gasteiger partial charge on any atom is 0.0568 e. The Kier molecular flexibility index (Phi) is 5.15. The Morgan fingerprint density at radius 1 is 0.935 bits per heavy atom. The van der Waals surface area contributed by atoms with Gasteiger partial charge in [-0.2, -0.15) is 0 Å². The van der Waals surface area contributed by atoms with Gasteiger partial charge in [-0.05, 0) is 128 Å². The predicted octanol–water partition coefficient (Wildman–Crippen LogP) is 8.02. The second-order valence-corrected chi connectivity index (χ2v) is 14.0. The van der Waals surface area contributed by atoms with Crippen LogP contribution < -0.4 is 0 Å². The minimum atomic E-state index is -0.0401. The fourth-order valence-electron chi connectivity index (χ4n) is 10.6. The van der Waals surface area contributed by atoms with Crippen LogP contribution in [0.3, 0.4) is 0 Å². The fraction of sp³-hybridized carbons (Fsp3) is 0.933. The summed E-state index contributed by atoms with van der Waals surface area (Å²) in [5.74, 6) is 4.57. The molecule has 0 aromatic heterocycles. The van der Waals surface area contributed by atoms with Crippen LogP contribution in [0.2, 0.25) is 0 Å². The van der Waals surface area contributed by atoms with E-state index in [0.29, 0.717) is 27.6 Å². The standard InChI is InChI=1S/C30H50O/c1-19(2)20(3)8-9-21(4)23-12-14-28(7)26-11-10-24-22(5)25(31)13-15-29(24)18-30(26,29)17-16-27(23,28)6/h19-20,22-26,31H,4,8-18H2,1-3,5-7H3/t20-,22+,23-,24+,25+,26+,27-,28+,29-,30+/m1/s1. The van der Waals surface area contributed by atoms with Crippen molar-refractivity contribution in [2.24, 2.45) is 57.2 Å². The van der Waals surface area contributed by atoms with Crippen LogP contribution in [-0.2, 0) is 0 Å². The van der Waals surface area contributed by atoms with E-state index in [4.69, 9.17) is 6.58 Å². The molecule has 5 aliphatic rings. The normalized spacial score (nSPS) is 53.9. The Bertz CT molecular complexity index is 739. The smallest absolute Gasteiger partial charge is 0.0568 e. The molecule has 0 unspecified atom stereocenters. The molecule has 0 saturated heterocycles. The summed E-state index contributed by atoms with van der Waals surface area (Å²) in [7, 11) is 0. The summed E-state index contributed by atoms with van der Waals surface area (Å²) in [5, 5.41) is 10.6. The topological polar surface area (TPSA) is 20.2 Å². The first-order chi connectivity index (χ1) is 14.5. The second-order valence-electron chi connectivity index (χ2n) is 14.0. The monoisotopic (exact) mass is 426 g/mol. The van der Waals surface area contributed by atoms with Crippen LogP contribution >= 0.6 is 0 Å². The lowest BCUT2D eigenvalue weighted by Gasteiger charge is -2.62. The maximum absolute atomic E-state index is 10.6. The molecule has 5 fully saturated rings. The van der Waals surface area contributed by atoms with Crippen LogP contribution in [-0.4, -0.2) is 11.2 Å². The molecule has 0 radical (unpaired) electrons. The van der Waals surface area contributed by atoms with Gasteiger partial charge in [-0.1, -0.05) is 53.7 Å². The van der Waals surface area contributed by atoms with Crippen molar-refractivity contribution >= 4 is 0 Å². The predicted molar refractivity (Wildman–Crippen MR) is 131 cm³/mol. The highest BCUT2D eigenvalue weighted by Gasteiger charge is 2.81. The van der Waals surface area contributed by atoms with Crippen LogP contribution in [0.4, 0.5) is 0 Å². The average molecular weight is 427 g/mol. The van der Waals surface area contributed by atoms with E-state index in [1.54, 1.807) is 5.57 Å². The van der Waals surface area contributed by atoms with Crippen LogP contribution in [0.15, 0.2) is 12.2 Å². The third-order valence-corrected chi connectivity index (χ3v) is 13.2. The van der Waals surface area contributed by atoms with Gasteiger partial charge < -0.3 is 5.11 Å². The highest BCUT2D eigenvalue weighted by atomic mass is 16.3. The molecule has 0 bridgehead atoms. The Hall–Kier alpha value is -0.300. The SMILES string of the molecule is C=C(CC[C@@H](C)C(C)C)[C@H]1CC[C@@]2(C)[C@@H]3CC[C@H]4[C@H](C)[C@@H](O)CC[C@@]45C[C@@]35CC[C@]12C. The molecule has 0 amide bonds. The van der Waals surface area contributed by atoms with E-state index >= 15 is 0 Å². The van der Waals surface area contributed by atoms with E-state index in [9.17, 15) is 5.11 Å². The van der Waals surface area contributed by atoms with E-state index in [2.05, 4.69) is 41.5 Å². The van der Waals surface area contributed by atoms with Crippen molar-refractivity contribution < 1.29 is 5.11 Å². The van der Waals surface area contributed by atoms with Crippen molar-refractivity contribution in [1.82, 2.24) is 0 Å². The molecule has 1 N–H and O–H groups in total. The quantitative estimate of drug-likeness (QED) is 0.441. The zero-order valence-corrected chi connectivity index (χ0v) is 21.5. The van der Waals surface area contributed by atoms with Crippen LogP contribution in [0.25, 0.3) is 0 Å². The van der Waals surface area contributed by atoms with Crippen molar-refractivity contribution in [3.63, 3.8) is 0 Å². The summed E-state index contributed by atoms with van der Waals surface area (Å²) in [6.07, 6.45) is 14.9. The number of hydrogen-bond acceptors (Lipinski definition) is 1. The highest BCUT2D eigenvalue weighted by Crippen LogP contribution is 2.88. The summed E-state index contributed by atoms with van der Waals surface area (Å²) < 4.78 is 0. The third-order valence-electron chi connectivity index (χ3n) is 13.2. The van der Waals surface area contributed by atoms with E-state index in [0.717, 1.165) is 36.0 Å². The summed E-state index contributed by atoms with van der Waals surface area (Å²) in [4.78, 5) is 0. The van der Waals surface area contributed by atoms with Gasteiger partial charge in [0.25, 0.3) is 0 Å². The van der Waals surface area contributed by atoms with Crippen LogP contribution in [0.1, 0.15) is 112 Å². The first-order valence-electron chi connectivity index (χ1n) is 13.9. The fourth-order valence-corrected chi connectivity index (χ4v) is 10.6. The molecule has 2 spiro atoms. The molecule has 5 rings (SSSR count). The minimum Gasteiger partial charge on any atom is -0.393 e. The lowest BCUT2D eigenvalue weighted by Crippen LogP contribution is -2.55. The van der Waals surface area contributed by atoms with Crippen molar-refractivity contribution in [3.05, 3.63) is 12.2 Å². The molecule has 10 atom stereocenters. The number of aliphatic hydroxyl groups is 1. The minimum absolute atomic E-state index is 0.0401. The highest BCUT2D eigenvalue weighted by molar-refractivity contribution is 5.31. The molecule has 176 valence electrons. The van der Waals surface area contributed by atoms with E-state index < -0.39 is 0 Å². The summed E-state index contributed by atoms with van der Waals surface area (Å²) in [5.41, 5.74) is 3.76. The zero-order valence-electron chi connectivity index (χ0n) is 21.5. The lowest BCUT2D eigenvalue weighted by molar-refractivity contribution is -0.136. The number of fused-ring (bicyclic) bond motifs is 2. The number of rotatable bonds is 5. The van der Waals surface area contributed by atoms with Gasteiger partial charge >= 0.3 is 0 Å². The molecule has 5 aliphatic carbocycles. The summed E-state index contributed by atoms with van der Waals surface area (Å²) >= 11 is 0. The zero-order chi connectivity index (χ0) is 22.4. The molecule has 31 heavy (non-hydrogen) atoms. The molecular weight excluding hydrogens is 376 g/mol. The Morgan fingerprint density at radius 2 is 1.68 bits per heavy atom. The van der Waals surface area contributed by atoms with Gasteiger partial charge in [-0.15, -0.1) is 0 Å². The lowest BCUT2D eigenvalue weighted by atomic mass is 9.43. The third kappa shape index (κ3) is 2.77. The average Bonchev–Trinajstić information content (AvgIpc) is 3.31. The van der Waals surface area contributed by atoms with Crippen molar-refractivity contribution in [3.8, 4) is 0 Å². The summed E-state index contributed by atoms with van der Waals surface area (Å²) in [6, 6.07) is 0. The molecule has 1 heteroatoms. The Balaban J connectivity index is 1.37. The van der Waals surface area contributed by atoms with Gasteiger partial charge in [0.1, 0.15) is 0 Å². The Morgan fingerprint density at radius 3 is 2.39 bits per heavy atom. The van der Waals surface area contributed by atoms with Crippen LogP contribution in [0, 0.1) is 57.2 Å². The second kappa shape index (κ2) is 7.10. The molecule has 5 saturated carbocycles. The summed E-state index contributed by atoms with van der Waals surface area (Å²) in [6.45, 7) is 19.7.